The number of hydrogen-bond acceptors (Lipinski definition) is 1. The molecule has 0 aliphatic heterocycles. The third kappa shape index (κ3) is 3.24. The van der Waals surface area contributed by atoms with Crippen LogP contribution in [0.2, 0.25) is 0 Å². The molecule has 0 aromatic heterocycles. The first-order valence-electron chi connectivity index (χ1n) is 2.24. The minimum Gasteiger partial charge on any atom is -0.251 e. The molecule has 0 aromatic carbocycles. The smallest absolute Gasteiger partial charge is 0.0929 e. The maximum Gasteiger partial charge on any atom is 0.0929 e. The SMILES string of the molecule is CC(CF)CC#N. The van der Waals surface area contributed by atoms with Crippen LogP contribution < -0.4 is 0 Å². The summed E-state index contributed by atoms with van der Waals surface area (Å²) < 4.78 is 11.4. The Hall–Kier alpha value is -0.580. The highest BCUT2D eigenvalue weighted by molar-refractivity contribution is 4.72. The van der Waals surface area contributed by atoms with E-state index < -0.39 is 0 Å². The number of rotatable bonds is 2. The van der Waals surface area contributed by atoms with Crippen molar-refractivity contribution in [3.05, 3.63) is 0 Å². The quantitative estimate of drug-likeness (QED) is 0.517. The van der Waals surface area contributed by atoms with E-state index in [1.54, 1.807) is 6.92 Å². The van der Waals surface area contributed by atoms with Gasteiger partial charge in [0.2, 0.25) is 0 Å². The molecule has 0 aliphatic carbocycles. The van der Waals surface area contributed by atoms with E-state index in [4.69, 9.17) is 5.26 Å². The van der Waals surface area contributed by atoms with Crippen molar-refractivity contribution in [3.63, 3.8) is 0 Å². The molecule has 0 rings (SSSR count). The van der Waals surface area contributed by atoms with E-state index in [0.29, 0.717) is 6.42 Å². The van der Waals surface area contributed by atoms with Crippen LogP contribution >= 0.6 is 0 Å². The Morgan fingerprint density at radius 3 is 2.57 bits per heavy atom. The first-order chi connectivity index (χ1) is 3.31. The number of halogens is 1. The van der Waals surface area contributed by atoms with Crippen LogP contribution in [-0.4, -0.2) is 6.67 Å². The molecule has 0 aliphatic rings. The summed E-state index contributed by atoms with van der Waals surface area (Å²) in [5, 5.41) is 7.95. The predicted octanol–water partition coefficient (Wildman–Crippen LogP) is 1.51. The zero-order chi connectivity index (χ0) is 5.70. The Labute approximate surface area is 42.8 Å². The molecule has 0 amide bonds. The van der Waals surface area contributed by atoms with Gasteiger partial charge in [-0.05, 0) is 5.92 Å². The fraction of sp³-hybridized carbons (Fsp3) is 0.800. The molecule has 1 unspecified atom stereocenters. The van der Waals surface area contributed by atoms with E-state index in [9.17, 15) is 4.39 Å². The van der Waals surface area contributed by atoms with Crippen molar-refractivity contribution < 1.29 is 4.39 Å². The average molecular weight is 101 g/mol. The van der Waals surface area contributed by atoms with Crippen molar-refractivity contribution in [1.82, 2.24) is 0 Å². The molecule has 1 atom stereocenters. The van der Waals surface area contributed by atoms with Crippen molar-refractivity contribution in [2.75, 3.05) is 6.67 Å². The van der Waals surface area contributed by atoms with Crippen LogP contribution in [0.5, 0.6) is 0 Å². The zero-order valence-corrected chi connectivity index (χ0v) is 4.32. The lowest BCUT2D eigenvalue weighted by molar-refractivity contribution is 0.387. The Morgan fingerprint density at radius 1 is 1.86 bits per heavy atom. The van der Waals surface area contributed by atoms with E-state index in [-0.39, 0.29) is 12.6 Å². The second-order valence-corrected chi connectivity index (χ2v) is 1.62. The molecule has 1 nitrogen and oxygen atoms in total. The standard InChI is InChI=1S/C5H8FN/c1-5(4-6)2-3-7/h5H,2,4H2,1H3. The minimum atomic E-state index is -0.381. The van der Waals surface area contributed by atoms with Gasteiger partial charge in [0.1, 0.15) is 0 Å². The molecular weight excluding hydrogens is 93.1 g/mol. The second-order valence-electron chi connectivity index (χ2n) is 1.62. The van der Waals surface area contributed by atoms with Crippen LogP contribution in [0, 0.1) is 17.2 Å². The van der Waals surface area contributed by atoms with Crippen molar-refractivity contribution in [2.24, 2.45) is 5.92 Å². The minimum absolute atomic E-state index is 0.0787. The average Bonchev–Trinajstić information content (AvgIpc) is 1.68. The molecule has 0 N–H and O–H groups in total. The number of nitriles is 1. The Kier molecular flexibility index (Phi) is 3.31. The van der Waals surface area contributed by atoms with Gasteiger partial charge in [0.15, 0.2) is 0 Å². The maximum atomic E-state index is 11.4. The summed E-state index contributed by atoms with van der Waals surface area (Å²) in [7, 11) is 0. The number of hydrogen-bond donors (Lipinski definition) is 0. The Morgan fingerprint density at radius 2 is 2.43 bits per heavy atom. The van der Waals surface area contributed by atoms with Gasteiger partial charge in [-0.15, -0.1) is 0 Å². The lowest BCUT2D eigenvalue weighted by Crippen LogP contribution is -1.92. The zero-order valence-electron chi connectivity index (χ0n) is 4.32. The summed E-state index contributed by atoms with van der Waals surface area (Å²) in [4.78, 5) is 0. The summed E-state index contributed by atoms with van der Waals surface area (Å²) in [6, 6.07) is 1.88. The van der Waals surface area contributed by atoms with E-state index in [1.165, 1.54) is 0 Å². The van der Waals surface area contributed by atoms with E-state index in [1.807, 2.05) is 6.07 Å². The third-order valence-corrected chi connectivity index (χ3v) is 0.703. The predicted molar refractivity (Wildman–Crippen MR) is 25.4 cm³/mol. The Balaban J connectivity index is 3.03. The van der Waals surface area contributed by atoms with E-state index >= 15 is 0 Å². The fourth-order valence-electron chi connectivity index (χ4n) is 0.210. The number of alkyl halides is 1. The van der Waals surface area contributed by atoms with Crippen LogP contribution in [0.25, 0.3) is 0 Å². The highest BCUT2D eigenvalue weighted by atomic mass is 19.1. The van der Waals surface area contributed by atoms with E-state index in [2.05, 4.69) is 0 Å². The molecule has 0 bridgehead atoms. The van der Waals surface area contributed by atoms with Gasteiger partial charge >= 0.3 is 0 Å². The fourth-order valence-corrected chi connectivity index (χ4v) is 0.210. The molecule has 0 fully saturated rings. The van der Waals surface area contributed by atoms with Crippen LogP contribution in [0.3, 0.4) is 0 Å². The molecule has 0 saturated carbocycles. The van der Waals surface area contributed by atoms with Gasteiger partial charge in [0.05, 0.1) is 12.7 Å². The van der Waals surface area contributed by atoms with Crippen molar-refractivity contribution >= 4 is 0 Å². The van der Waals surface area contributed by atoms with Gasteiger partial charge in [0, 0.05) is 6.42 Å². The molecule has 0 saturated heterocycles. The van der Waals surface area contributed by atoms with Gasteiger partial charge < -0.3 is 0 Å². The molecule has 40 valence electrons. The topological polar surface area (TPSA) is 23.8 Å². The summed E-state index contributed by atoms with van der Waals surface area (Å²) in [5.74, 6) is -0.0787. The lowest BCUT2D eigenvalue weighted by Gasteiger charge is -1.93. The monoisotopic (exact) mass is 101 g/mol. The second kappa shape index (κ2) is 3.60. The lowest BCUT2D eigenvalue weighted by atomic mass is 10.1. The molecule has 2 heteroatoms. The van der Waals surface area contributed by atoms with Gasteiger partial charge in [-0.1, -0.05) is 6.92 Å². The molecule has 0 spiro atoms. The van der Waals surface area contributed by atoms with Crippen molar-refractivity contribution in [3.8, 4) is 6.07 Å². The first kappa shape index (κ1) is 6.42. The number of nitrogens with zero attached hydrogens (tertiary/aromatic N) is 1. The largest absolute Gasteiger partial charge is 0.251 e. The molecule has 0 heterocycles. The van der Waals surface area contributed by atoms with Gasteiger partial charge in [-0.25, -0.2) is 0 Å². The van der Waals surface area contributed by atoms with Crippen LogP contribution in [-0.2, 0) is 0 Å². The normalized spacial score (nSPS) is 12.7. The van der Waals surface area contributed by atoms with Crippen LogP contribution in [0.15, 0.2) is 0 Å². The highest BCUT2D eigenvalue weighted by Crippen LogP contribution is 1.98. The van der Waals surface area contributed by atoms with Crippen LogP contribution in [0.4, 0.5) is 4.39 Å². The summed E-state index contributed by atoms with van der Waals surface area (Å²) in [6.07, 6.45) is 0.330. The third-order valence-electron chi connectivity index (χ3n) is 0.703. The van der Waals surface area contributed by atoms with Gasteiger partial charge in [-0.3, -0.25) is 4.39 Å². The molecule has 7 heavy (non-hydrogen) atoms. The van der Waals surface area contributed by atoms with Crippen molar-refractivity contribution in [1.29, 1.82) is 5.26 Å². The summed E-state index contributed by atoms with van der Waals surface area (Å²) in [6.45, 7) is 1.33. The van der Waals surface area contributed by atoms with Gasteiger partial charge in [0.25, 0.3) is 0 Å². The molecule has 0 aromatic rings. The van der Waals surface area contributed by atoms with Crippen LogP contribution in [0.1, 0.15) is 13.3 Å². The molecule has 0 radical (unpaired) electrons. The van der Waals surface area contributed by atoms with Crippen molar-refractivity contribution in [2.45, 2.75) is 13.3 Å². The molecular formula is C5H8FN. The highest BCUT2D eigenvalue weighted by Gasteiger charge is 1.96. The maximum absolute atomic E-state index is 11.4. The Bertz CT molecular complexity index is 74.6. The van der Waals surface area contributed by atoms with E-state index in [0.717, 1.165) is 0 Å². The first-order valence-corrected chi connectivity index (χ1v) is 2.24. The van der Waals surface area contributed by atoms with Gasteiger partial charge in [-0.2, -0.15) is 5.26 Å². The summed E-state index contributed by atoms with van der Waals surface area (Å²) in [5.41, 5.74) is 0. The summed E-state index contributed by atoms with van der Waals surface area (Å²) >= 11 is 0.